The van der Waals surface area contributed by atoms with E-state index < -0.39 is 5.97 Å². The molecule has 0 radical (unpaired) electrons. The van der Waals surface area contributed by atoms with Crippen LogP contribution in [0.3, 0.4) is 0 Å². The second-order valence-corrected chi connectivity index (χ2v) is 5.25. The fourth-order valence-corrected chi connectivity index (χ4v) is 2.66. The molecule has 6 nitrogen and oxygen atoms in total. The Balaban J connectivity index is 2.18. The molecule has 0 saturated carbocycles. The zero-order valence-corrected chi connectivity index (χ0v) is 12.3. The molecule has 0 spiro atoms. The minimum absolute atomic E-state index is 0.165. The number of thiazole rings is 1. The van der Waals surface area contributed by atoms with Gasteiger partial charge in [-0.05, 0) is 0 Å². The molecule has 0 atom stereocenters. The van der Waals surface area contributed by atoms with E-state index in [1.165, 1.54) is 18.4 Å². The number of halogens is 1. The molecule has 0 unspecified atom stereocenters. The highest BCUT2D eigenvalue weighted by Crippen LogP contribution is 2.30. The van der Waals surface area contributed by atoms with Crippen LogP contribution in [0.25, 0.3) is 0 Å². The molecule has 0 saturated heterocycles. The van der Waals surface area contributed by atoms with Gasteiger partial charge in [-0.25, -0.2) is 14.8 Å². The van der Waals surface area contributed by atoms with E-state index in [4.69, 9.17) is 11.6 Å². The zero-order chi connectivity index (χ0) is 14.0. The Morgan fingerprint density at radius 3 is 2.95 bits per heavy atom. The topological polar surface area (TPSA) is 60.2 Å². The average molecular weight is 301 g/mol. The van der Waals surface area contributed by atoms with Crippen molar-refractivity contribution in [2.75, 3.05) is 19.1 Å². The minimum Gasteiger partial charge on any atom is -0.465 e. The molecule has 19 heavy (non-hydrogen) atoms. The molecule has 8 heteroatoms. The number of nitrogens with zero attached hydrogens (tertiary/aromatic N) is 4. The summed E-state index contributed by atoms with van der Waals surface area (Å²) in [7, 11) is 5.10. The summed E-state index contributed by atoms with van der Waals surface area (Å²) in [5.74, 6) is 0.424. The molecule has 2 aromatic rings. The SMILES string of the molecule is COC(=O)c1sc(N(C)Cc2nccn2C)nc1Cl. The van der Waals surface area contributed by atoms with Crippen LogP contribution in [0.15, 0.2) is 12.4 Å². The van der Waals surface area contributed by atoms with E-state index in [0.29, 0.717) is 16.6 Å². The van der Waals surface area contributed by atoms with Crippen molar-refractivity contribution in [1.82, 2.24) is 14.5 Å². The van der Waals surface area contributed by atoms with Crippen molar-refractivity contribution >= 4 is 34.0 Å². The van der Waals surface area contributed by atoms with Gasteiger partial charge in [0.1, 0.15) is 5.82 Å². The first-order chi connectivity index (χ1) is 9.02. The van der Waals surface area contributed by atoms with Gasteiger partial charge in [-0.2, -0.15) is 0 Å². The smallest absolute Gasteiger partial charge is 0.351 e. The van der Waals surface area contributed by atoms with Crippen molar-refractivity contribution in [3.05, 3.63) is 28.2 Å². The Labute approximate surface area is 119 Å². The normalized spacial score (nSPS) is 10.5. The summed E-state index contributed by atoms with van der Waals surface area (Å²) in [5, 5.41) is 0.812. The molecule has 0 bridgehead atoms. The van der Waals surface area contributed by atoms with Gasteiger partial charge in [0.2, 0.25) is 0 Å². The highest BCUT2D eigenvalue weighted by atomic mass is 35.5. The Bertz CT molecular complexity index is 595. The van der Waals surface area contributed by atoms with E-state index in [-0.39, 0.29) is 5.15 Å². The molecule has 2 rings (SSSR count). The van der Waals surface area contributed by atoms with Crippen LogP contribution in [0, 0.1) is 0 Å². The Morgan fingerprint density at radius 1 is 1.63 bits per heavy atom. The Hall–Kier alpha value is -1.60. The number of aryl methyl sites for hydroxylation is 1. The standard InChI is InChI=1S/C11H13ClN4O2S/c1-15-5-4-13-7(15)6-16(2)11-14-9(12)8(19-11)10(17)18-3/h4-5H,6H2,1-3H3. The number of aromatic nitrogens is 3. The van der Waals surface area contributed by atoms with E-state index in [1.54, 1.807) is 6.20 Å². The Morgan fingerprint density at radius 2 is 2.37 bits per heavy atom. The van der Waals surface area contributed by atoms with Gasteiger partial charge in [-0.1, -0.05) is 22.9 Å². The number of ether oxygens (including phenoxy) is 1. The number of hydrogen-bond donors (Lipinski definition) is 0. The fraction of sp³-hybridized carbons (Fsp3) is 0.364. The van der Waals surface area contributed by atoms with E-state index in [2.05, 4.69) is 14.7 Å². The first-order valence-corrected chi connectivity index (χ1v) is 6.64. The van der Waals surface area contributed by atoms with Crippen LogP contribution in [0.2, 0.25) is 5.15 Å². The van der Waals surface area contributed by atoms with Crippen LogP contribution in [-0.4, -0.2) is 34.7 Å². The van der Waals surface area contributed by atoms with Crippen LogP contribution >= 0.6 is 22.9 Å². The highest BCUT2D eigenvalue weighted by Gasteiger charge is 2.19. The third-order valence-corrected chi connectivity index (χ3v) is 4.11. The summed E-state index contributed by atoms with van der Waals surface area (Å²) >= 11 is 7.13. The molecule has 0 aromatic carbocycles. The third kappa shape index (κ3) is 2.87. The zero-order valence-electron chi connectivity index (χ0n) is 10.8. The summed E-state index contributed by atoms with van der Waals surface area (Å²) in [6.45, 7) is 0.577. The van der Waals surface area contributed by atoms with Crippen molar-refractivity contribution in [2.45, 2.75) is 6.54 Å². The summed E-state index contributed by atoms with van der Waals surface area (Å²) in [6, 6.07) is 0. The summed E-state index contributed by atoms with van der Waals surface area (Å²) in [6.07, 6.45) is 3.61. The molecule has 0 aliphatic heterocycles. The number of carbonyl (C=O) groups excluding carboxylic acids is 1. The van der Waals surface area contributed by atoms with Gasteiger partial charge >= 0.3 is 5.97 Å². The quantitative estimate of drug-likeness (QED) is 0.808. The molecule has 102 valence electrons. The second-order valence-electron chi connectivity index (χ2n) is 3.92. The monoisotopic (exact) mass is 300 g/mol. The summed E-state index contributed by atoms with van der Waals surface area (Å²) in [4.78, 5) is 22.1. The number of methoxy groups -OCH3 is 1. The average Bonchev–Trinajstić information content (AvgIpc) is 2.95. The molecule has 0 N–H and O–H groups in total. The van der Waals surface area contributed by atoms with Crippen molar-refractivity contribution in [2.24, 2.45) is 7.05 Å². The van der Waals surface area contributed by atoms with Crippen LogP contribution < -0.4 is 4.90 Å². The van der Waals surface area contributed by atoms with Gasteiger partial charge in [0.15, 0.2) is 15.2 Å². The van der Waals surface area contributed by atoms with Crippen LogP contribution in [0.5, 0.6) is 0 Å². The van der Waals surface area contributed by atoms with Gasteiger partial charge in [0.05, 0.1) is 13.7 Å². The molecule has 0 aliphatic carbocycles. The summed E-state index contributed by atoms with van der Waals surface area (Å²) < 4.78 is 6.57. The van der Waals surface area contributed by atoms with Crippen LogP contribution in [0.1, 0.15) is 15.5 Å². The molecule has 2 aromatic heterocycles. The number of rotatable bonds is 4. The number of hydrogen-bond acceptors (Lipinski definition) is 6. The lowest BCUT2D eigenvalue weighted by atomic mass is 10.5. The van der Waals surface area contributed by atoms with Crippen molar-refractivity contribution in [3.63, 3.8) is 0 Å². The maximum absolute atomic E-state index is 11.5. The number of imidazole rings is 1. The third-order valence-electron chi connectivity index (χ3n) is 2.57. The predicted octanol–water partition coefficient (Wildman–Crippen LogP) is 1.95. The largest absolute Gasteiger partial charge is 0.465 e. The number of anilines is 1. The number of esters is 1. The molecule has 0 amide bonds. The van der Waals surface area contributed by atoms with Crippen molar-refractivity contribution < 1.29 is 9.53 Å². The molecule has 0 aliphatic rings. The van der Waals surface area contributed by atoms with E-state index >= 15 is 0 Å². The van der Waals surface area contributed by atoms with Gasteiger partial charge in [0, 0.05) is 26.5 Å². The van der Waals surface area contributed by atoms with Crippen molar-refractivity contribution in [3.8, 4) is 0 Å². The van der Waals surface area contributed by atoms with Crippen LogP contribution in [0.4, 0.5) is 5.13 Å². The maximum atomic E-state index is 11.5. The van der Waals surface area contributed by atoms with Gasteiger partial charge in [-0.3, -0.25) is 0 Å². The van der Waals surface area contributed by atoms with Gasteiger partial charge in [-0.15, -0.1) is 0 Å². The predicted molar refractivity (Wildman–Crippen MR) is 73.8 cm³/mol. The number of carbonyl (C=O) groups is 1. The Kier molecular flexibility index (Phi) is 4.06. The molecule has 0 fully saturated rings. The molecular weight excluding hydrogens is 288 g/mol. The van der Waals surface area contributed by atoms with Gasteiger partial charge < -0.3 is 14.2 Å². The molecule has 2 heterocycles. The lowest BCUT2D eigenvalue weighted by Crippen LogP contribution is -2.18. The molecular formula is C11H13ClN4O2S. The van der Waals surface area contributed by atoms with Crippen LogP contribution in [-0.2, 0) is 18.3 Å². The first-order valence-electron chi connectivity index (χ1n) is 5.45. The second kappa shape index (κ2) is 5.58. The van der Waals surface area contributed by atoms with E-state index in [1.807, 2.05) is 29.8 Å². The fourth-order valence-electron chi connectivity index (χ4n) is 1.50. The van der Waals surface area contributed by atoms with Crippen molar-refractivity contribution in [1.29, 1.82) is 0 Å². The highest BCUT2D eigenvalue weighted by molar-refractivity contribution is 7.18. The van der Waals surface area contributed by atoms with Gasteiger partial charge in [0.25, 0.3) is 0 Å². The lowest BCUT2D eigenvalue weighted by Gasteiger charge is -2.14. The summed E-state index contributed by atoms with van der Waals surface area (Å²) in [5.41, 5.74) is 0. The lowest BCUT2D eigenvalue weighted by molar-refractivity contribution is 0.0606. The minimum atomic E-state index is -0.473. The maximum Gasteiger partial charge on any atom is 0.351 e. The van der Waals surface area contributed by atoms with E-state index in [9.17, 15) is 4.79 Å². The first kappa shape index (κ1) is 13.8. The van der Waals surface area contributed by atoms with E-state index in [0.717, 1.165) is 5.82 Å².